The van der Waals surface area contributed by atoms with Crippen molar-refractivity contribution < 1.29 is 14.3 Å². The van der Waals surface area contributed by atoms with E-state index in [1.54, 1.807) is 16.5 Å². The summed E-state index contributed by atoms with van der Waals surface area (Å²) in [5, 5.41) is 0. The number of nitrogens with zero attached hydrogens (tertiary/aromatic N) is 3. The van der Waals surface area contributed by atoms with Crippen molar-refractivity contribution in [1.29, 1.82) is 0 Å². The minimum atomic E-state index is -0.517. The predicted molar refractivity (Wildman–Crippen MR) is 113 cm³/mol. The van der Waals surface area contributed by atoms with Crippen LogP contribution in [0.2, 0.25) is 0 Å². The van der Waals surface area contributed by atoms with Crippen molar-refractivity contribution in [2.75, 3.05) is 26.2 Å². The Hall–Kier alpha value is -2.77. The SMILES string of the molecule is Cn1c(=O)[nH]c2cccc([C@H]3C[C@@H](C(=O)N4CCN(C(=O)OC(C)(C)C)CC4)C3)c21. The largest absolute Gasteiger partial charge is 0.444 e. The Morgan fingerprint density at radius 1 is 1.07 bits per heavy atom. The van der Waals surface area contributed by atoms with Crippen LogP contribution in [0.3, 0.4) is 0 Å². The molecular weight excluding hydrogens is 384 g/mol. The third-order valence-electron chi connectivity index (χ3n) is 6.12. The van der Waals surface area contributed by atoms with Crippen LogP contribution in [-0.2, 0) is 16.6 Å². The van der Waals surface area contributed by atoms with Crippen LogP contribution >= 0.6 is 0 Å². The van der Waals surface area contributed by atoms with Crippen LogP contribution in [0.15, 0.2) is 23.0 Å². The number of hydrogen-bond donors (Lipinski definition) is 1. The number of benzene rings is 1. The molecule has 1 saturated carbocycles. The molecule has 8 heteroatoms. The second-order valence-corrected chi connectivity index (χ2v) is 9.39. The van der Waals surface area contributed by atoms with Gasteiger partial charge in [-0.05, 0) is 51.2 Å². The standard InChI is InChI=1S/C22H30N4O4/c1-22(2,3)30-21(29)26-10-8-25(9-11-26)19(27)15-12-14(13-15)16-6-5-7-17-18(16)24(4)20(28)23-17/h5-7,14-15H,8-13H2,1-4H3,(H,23,28)/t14-,15+. The summed E-state index contributed by atoms with van der Waals surface area (Å²) in [5.41, 5.74) is 2.27. The first kappa shape index (κ1) is 20.5. The van der Waals surface area contributed by atoms with Crippen molar-refractivity contribution in [3.8, 4) is 0 Å². The molecule has 2 fully saturated rings. The lowest BCUT2D eigenvalue weighted by Gasteiger charge is -2.41. The van der Waals surface area contributed by atoms with E-state index in [1.165, 1.54) is 0 Å². The molecule has 30 heavy (non-hydrogen) atoms. The average Bonchev–Trinajstić information content (AvgIpc) is 2.94. The smallest absolute Gasteiger partial charge is 0.410 e. The van der Waals surface area contributed by atoms with Gasteiger partial charge in [0.15, 0.2) is 0 Å². The normalized spacial score (nSPS) is 22.1. The van der Waals surface area contributed by atoms with Crippen LogP contribution in [0, 0.1) is 5.92 Å². The van der Waals surface area contributed by atoms with Gasteiger partial charge in [0.2, 0.25) is 5.91 Å². The number of aryl methyl sites for hydroxylation is 1. The summed E-state index contributed by atoms with van der Waals surface area (Å²) in [6.07, 6.45) is 1.27. The molecule has 8 nitrogen and oxygen atoms in total. The summed E-state index contributed by atoms with van der Waals surface area (Å²) in [6.45, 7) is 7.64. The molecule has 162 valence electrons. The molecule has 0 atom stereocenters. The molecule has 0 unspecified atom stereocenters. The Morgan fingerprint density at radius 2 is 1.70 bits per heavy atom. The number of piperazine rings is 1. The highest BCUT2D eigenvalue weighted by molar-refractivity contribution is 5.83. The first-order chi connectivity index (χ1) is 14.1. The van der Waals surface area contributed by atoms with Gasteiger partial charge in [-0.2, -0.15) is 0 Å². The first-order valence-electron chi connectivity index (χ1n) is 10.6. The van der Waals surface area contributed by atoms with Crippen LogP contribution in [-0.4, -0.2) is 63.1 Å². The number of imidazole rings is 1. The van der Waals surface area contributed by atoms with E-state index in [9.17, 15) is 14.4 Å². The van der Waals surface area contributed by atoms with E-state index in [1.807, 2.05) is 37.8 Å². The van der Waals surface area contributed by atoms with Crippen molar-refractivity contribution >= 4 is 23.0 Å². The molecule has 2 aliphatic rings. The number of nitrogens with one attached hydrogen (secondary N) is 1. The number of H-pyrrole nitrogens is 1. The van der Waals surface area contributed by atoms with E-state index in [2.05, 4.69) is 11.1 Å². The zero-order valence-corrected chi connectivity index (χ0v) is 18.1. The molecule has 0 spiro atoms. The molecule has 1 aliphatic carbocycles. The van der Waals surface area contributed by atoms with Crippen LogP contribution in [0.1, 0.15) is 45.1 Å². The molecule has 1 aromatic carbocycles. The third-order valence-corrected chi connectivity index (χ3v) is 6.12. The summed E-state index contributed by atoms with van der Waals surface area (Å²) < 4.78 is 7.07. The minimum Gasteiger partial charge on any atom is -0.444 e. The number of carbonyl (C=O) groups excluding carboxylic acids is 2. The van der Waals surface area contributed by atoms with Gasteiger partial charge in [0.1, 0.15) is 5.60 Å². The van der Waals surface area contributed by atoms with Crippen molar-refractivity contribution in [2.24, 2.45) is 13.0 Å². The Bertz CT molecular complexity index is 1020. The number of aromatic amines is 1. The lowest BCUT2D eigenvalue weighted by atomic mass is 9.70. The summed E-state index contributed by atoms with van der Waals surface area (Å²) in [5.74, 6) is 0.464. The van der Waals surface area contributed by atoms with Crippen LogP contribution < -0.4 is 5.69 Å². The lowest BCUT2D eigenvalue weighted by Crippen LogP contribution is -2.53. The van der Waals surface area contributed by atoms with Crippen LogP contribution in [0.5, 0.6) is 0 Å². The van der Waals surface area contributed by atoms with Crippen molar-refractivity contribution in [3.05, 3.63) is 34.2 Å². The molecule has 1 N–H and O–H groups in total. The summed E-state index contributed by atoms with van der Waals surface area (Å²) >= 11 is 0. The zero-order valence-electron chi connectivity index (χ0n) is 18.1. The van der Waals surface area contributed by atoms with Gasteiger partial charge in [0.05, 0.1) is 11.0 Å². The second kappa shape index (κ2) is 7.49. The molecule has 2 amide bonds. The Labute approximate surface area is 175 Å². The molecule has 2 aromatic rings. The fourth-order valence-corrected chi connectivity index (χ4v) is 4.43. The molecule has 1 aromatic heterocycles. The maximum Gasteiger partial charge on any atom is 0.410 e. The Kier molecular flexibility index (Phi) is 5.11. The summed E-state index contributed by atoms with van der Waals surface area (Å²) in [7, 11) is 1.77. The van der Waals surface area contributed by atoms with Gasteiger partial charge >= 0.3 is 11.8 Å². The molecule has 1 saturated heterocycles. The van der Waals surface area contributed by atoms with Crippen LogP contribution in [0.4, 0.5) is 4.79 Å². The highest BCUT2D eigenvalue weighted by atomic mass is 16.6. The number of carbonyl (C=O) groups is 2. The molecule has 2 heterocycles. The van der Waals surface area contributed by atoms with Crippen molar-refractivity contribution in [2.45, 2.75) is 45.1 Å². The van der Waals surface area contributed by atoms with E-state index in [-0.39, 0.29) is 29.5 Å². The van der Waals surface area contributed by atoms with Gasteiger partial charge in [0.25, 0.3) is 0 Å². The molecule has 1 aliphatic heterocycles. The maximum atomic E-state index is 12.9. The fraction of sp³-hybridized carbons (Fsp3) is 0.591. The first-order valence-corrected chi connectivity index (χ1v) is 10.6. The number of fused-ring (bicyclic) bond motifs is 1. The van der Waals surface area contributed by atoms with E-state index < -0.39 is 5.60 Å². The molecule has 0 radical (unpaired) electrons. The number of aromatic nitrogens is 2. The van der Waals surface area contributed by atoms with E-state index in [0.717, 1.165) is 29.4 Å². The second-order valence-electron chi connectivity index (χ2n) is 9.39. The Balaban J connectivity index is 1.34. The van der Waals surface area contributed by atoms with Gasteiger partial charge in [-0.3, -0.25) is 9.36 Å². The minimum absolute atomic E-state index is 0.00861. The number of para-hydroxylation sites is 1. The Morgan fingerprint density at radius 3 is 2.33 bits per heavy atom. The number of ether oxygens (including phenoxy) is 1. The average molecular weight is 415 g/mol. The number of amides is 2. The van der Waals surface area contributed by atoms with Gasteiger partial charge in [0, 0.05) is 39.1 Å². The van der Waals surface area contributed by atoms with Gasteiger partial charge in [-0.15, -0.1) is 0 Å². The quantitative estimate of drug-likeness (QED) is 0.818. The topological polar surface area (TPSA) is 87.6 Å². The van der Waals surface area contributed by atoms with E-state index >= 15 is 0 Å². The maximum absolute atomic E-state index is 12.9. The fourth-order valence-electron chi connectivity index (χ4n) is 4.43. The lowest BCUT2D eigenvalue weighted by molar-refractivity contribution is -0.140. The highest BCUT2D eigenvalue weighted by Gasteiger charge is 2.39. The molecule has 4 rings (SSSR count). The van der Waals surface area contributed by atoms with E-state index in [4.69, 9.17) is 4.74 Å². The third kappa shape index (κ3) is 3.82. The van der Waals surface area contributed by atoms with E-state index in [0.29, 0.717) is 26.2 Å². The monoisotopic (exact) mass is 414 g/mol. The van der Waals surface area contributed by atoms with Gasteiger partial charge in [-0.25, -0.2) is 9.59 Å². The van der Waals surface area contributed by atoms with Gasteiger partial charge in [-0.1, -0.05) is 12.1 Å². The van der Waals surface area contributed by atoms with Gasteiger partial charge < -0.3 is 19.5 Å². The summed E-state index contributed by atoms with van der Waals surface area (Å²) in [6, 6.07) is 5.92. The van der Waals surface area contributed by atoms with Crippen LogP contribution in [0.25, 0.3) is 11.0 Å². The molecular formula is C22H30N4O4. The van der Waals surface area contributed by atoms with Crippen molar-refractivity contribution in [3.63, 3.8) is 0 Å². The summed E-state index contributed by atoms with van der Waals surface area (Å²) in [4.78, 5) is 43.5. The molecule has 0 bridgehead atoms. The predicted octanol–water partition coefficient (Wildman–Crippen LogP) is 2.44. The number of hydrogen-bond acceptors (Lipinski definition) is 4. The highest BCUT2D eigenvalue weighted by Crippen LogP contribution is 2.44. The zero-order chi connectivity index (χ0) is 21.6. The van der Waals surface area contributed by atoms with Crippen molar-refractivity contribution in [1.82, 2.24) is 19.4 Å². The number of rotatable bonds is 2.